The standard InChI is InChI=1S/C51H64N4O13/c1-24(2)23-54-16-18-55(19-17-54)32-21-33(57)39-35(22-32)67-48-40(52-39)36-37-44(60)30(8)47-38(36)49(62)51(10,68-47)65-20-15-34(64-11)27(5)46(66-31(9)56)29(7)43(59)28(6)42(58)25(3)13-12-14-26(4)50(63)53-41(48)45(37)61/h12-15,20-22,24-25,27-29,34,42-43,46,58-60,62H,16-19,23H2,1-11H3,(H,53,63)/b13-12-,20-15?,26-14-. The fourth-order valence-corrected chi connectivity index (χ4v) is 9.76. The Labute approximate surface area is 394 Å². The molecular formula is C51H64N4O13. The zero-order chi connectivity index (χ0) is 49.7. The molecule has 1 saturated heterocycles. The highest BCUT2D eigenvalue weighted by atomic mass is 16.7. The number of phenolic OH excluding ortho intramolecular Hbond substituents is 1. The van der Waals surface area contributed by atoms with E-state index in [1.165, 1.54) is 59.3 Å². The Bertz CT molecular complexity index is 2900. The second-order valence-electron chi connectivity index (χ2n) is 19.2. The summed E-state index contributed by atoms with van der Waals surface area (Å²) in [4.78, 5) is 64.7. The van der Waals surface area contributed by atoms with Crippen molar-refractivity contribution in [1.29, 1.82) is 0 Å². The van der Waals surface area contributed by atoms with Gasteiger partial charge in [0, 0.05) is 112 Å². The predicted molar refractivity (Wildman–Crippen MR) is 259 cm³/mol. The van der Waals surface area contributed by atoms with Crippen LogP contribution in [-0.4, -0.2) is 112 Å². The van der Waals surface area contributed by atoms with E-state index >= 15 is 0 Å². The number of phenols is 1. The maximum absolute atomic E-state index is 14.9. The Kier molecular flexibility index (Phi) is 14.3. The van der Waals surface area contributed by atoms with Gasteiger partial charge in [-0.25, -0.2) is 4.98 Å². The average molecular weight is 941 g/mol. The van der Waals surface area contributed by atoms with Gasteiger partial charge < -0.3 is 54.0 Å². The number of aromatic nitrogens is 1. The first-order valence-corrected chi connectivity index (χ1v) is 23.2. The molecular weight excluding hydrogens is 877 g/mol. The van der Waals surface area contributed by atoms with Crippen LogP contribution in [0.25, 0.3) is 38.7 Å². The van der Waals surface area contributed by atoms with Crippen molar-refractivity contribution in [2.24, 2.45) is 29.6 Å². The van der Waals surface area contributed by atoms with Gasteiger partial charge in [0.05, 0.1) is 35.2 Å². The normalized spacial score (nSPS) is 29.0. The van der Waals surface area contributed by atoms with Crippen molar-refractivity contribution in [2.45, 2.75) is 99.4 Å². The highest BCUT2D eigenvalue weighted by Crippen LogP contribution is 2.42. The highest BCUT2D eigenvalue weighted by Gasteiger charge is 2.44. The number of carbonyl (C=O) groups is 2. The molecule has 4 bridgehead atoms. The number of benzene rings is 3. The van der Waals surface area contributed by atoms with Crippen molar-refractivity contribution in [3.63, 3.8) is 0 Å². The van der Waals surface area contributed by atoms with E-state index in [0.717, 1.165) is 19.6 Å². The molecule has 3 aliphatic rings. The summed E-state index contributed by atoms with van der Waals surface area (Å²) >= 11 is 0. The smallest absolute Gasteiger partial charge is 0.307 e. The summed E-state index contributed by atoms with van der Waals surface area (Å²) in [6, 6.07) is 3.16. The molecule has 17 heteroatoms. The van der Waals surface area contributed by atoms with Crippen LogP contribution >= 0.6 is 0 Å². The van der Waals surface area contributed by atoms with Gasteiger partial charge in [-0.3, -0.25) is 24.1 Å². The monoisotopic (exact) mass is 940 g/mol. The number of nitrogens with zero attached hydrogens (tertiary/aromatic N) is 3. The van der Waals surface area contributed by atoms with Gasteiger partial charge in [-0.15, -0.1) is 0 Å². The van der Waals surface area contributed by atoms with E-state index in [-0.39, 0.29) is 60.8 Å². The number of methoxy groups -OCH3 is 1. The number of hydrogen-bond donors (Lipinski definition) is 5. The summed E-state index contributed by atoms with van der Waals surface area (Å²) in [7, 11) is 1.45. The number of piperazine rings is 1. The van der Waals surface area contributed by atoms with Crippen molar-refractivity contribution >= 4 is 62.0 Å². The molecule has 0 saturated carbocycles. The van der Waals surface area contributed by atoms with E-state index in [1.54, 1.807) is 45.9 Å². The molecule has 0 spiro atoms. The van der Waals surface area contributed by atoms with Crippen LogP contribution in [0.1, 0.15) is 67.9 Å². The van der Waals surface area contributed by atoms with Crippen molar-refractivity contribution in [2.75, 3.05) is 50.1 Å². The first-order valence-electron chi connectivity index (χ1n) is 23.2. The lowest BCUT2D eigenvalue weighted by atomic mass is 9.78. The molecule has 4 aromatic rings. The fraction of sp³-hybridized carbons (Fsp3) is 0.510. The number of aliphatic hydroxyl groups excluding tert-OH is 3. The maximum atomic E-state index is 14.9. The molecule has 17 nitrogen and oxygen atoms in total. The largest absolute Gasteiger partial charge is 0.507 e. The van der Waals surface area contributed by atoms with E-state index in [9.17, 15) is 39.6 Å². The van der Waals surface area contributed by atoms with Gasteiger partial charge in [-0.05, 0) is 25.8 Å². The van der Waals surface area contributed by atoms with Crippen LogP contribution < -0.4 is 31.0 Å². The van der Waals surface area contributed by atoms with Crippen LogP contribution in [0.3, 0.4) is 0 Å². The zero-order valence-corrected chi connectivity index (χ0v) is 40.6. The SMILES string of the molecule is COC1C=COC2(C)Oc3c(C)c(O)c4c(=O)c(c5oc6cc(N7CCN(CC(C)C)CC7)cc(=O)c6nc5c4c3=C2O)NC(=O)/C(C)=C\C=C/C(C)C(O)C(C)C(O)C(C)C(OC(C)=O)C1C. The van der Waals surface area contributed by atoms with Crippen molar-refractivity contribution < 1.29 is 53.4 Å². The van der Waals surface area contributed by atoms with E-state index in [2.05, 4.69) is 29.0 Å². The van der Waals surface area contributed by atoms with Crippen LogP contribution in [0.2, 0.25) is 0 Å². The number of nitrogens with one attached hydrogen (secondary N) is 1. The van der Waals surface area contributed by atoms with Gasteiger partial charge in [0.15, 0.2) is 22.4 Å². The van der Waals surface area contributed by atoms with Gasteiger partial charge in [0.2, 0.25) is 10.9 Å². The lowest BCUT2D eigenvalue weighted by Crippen LogP contribution is -2.47. The Morgan fingerprint density at radius 2 is 1.65 bits per heavy atom. The van der Waals surface area contributed by atoms with Crippen molar-refractivity contribution in [3.8, 4) is 11.5 Å². The van der Waals surface area contributed by atoms with E-state index in [1.807, 2.05) is 0 Å². The third-order valence-corrected chi connectivity index (χ3v) is 13.8. The Morgan fingerprint density at radius 1 is 0.956 bits per heavy atom. The second kappa shape index (κ2) is 19.5. The summed E-state index contributed by atoms with van der Waals surface area (Å²) in [6.45, 7) is 20.8. The zero-order valence-electron chi connectivity index (χ0n) is 40.6. The lowest BCUT2D eigenvalue weighted by Gasteiger charge is -2.38. The summed E-state index contributed by atoms with van der Waals surface area (Å²) < 4.78 is 30.5. The molecule has 3 aliphatic heterocycles. The quantitative estimate of drug-likeness (QED) is 0.0966. The maximum Gasteiger partial charge on any atom is 0.307 e. The molecule has 1 amide bonds. The first kappa shape index (κ1) is 49.9. The van der Waals surface area contributed by atoms with Crippen LogP contribution in [0.15, 0.2) is 62.3 Å². The third kappa shape index (κ3) is 9.28. The molecule has 9 unspecified atom stereocenters. The van der Waals surface area contributed by atoms with Crippen LogP contribution in [0, 0.1) is 36.5 Å². The average Bonchev–Trinajstić information content (AvgIpc) is 3.56. The van der Waals surface area contributed by atoms with Crippen LogP contribution in [0.4, 0.5) is 11.4 Å². The molecule has 3 aromatic carbocycles. The number of esters is 1. The molecule has 0 radical (unpaired) electrons. The highest BCUT2D eigenvalue weighted by molar-refractivity contribution is 6.16. The molecule has 68 heavy (non-hydrogen) atoms. The molecule has 1 aromatic heterocycles. The van der Waals surface area contributed by atoms with Gasteiger partial charge in [0.25, 0.3) is 5.91 Å². The fourth-order valence-electron chi connectivity index (χ4n) is 9.76. The molecule has 5 N–H and O–H groups in total. The minimum atomic E-state index is -1.98. The number of carbonyl (C=O) groups excluding carboxylic acids is 2. The number of amides is 1. The minimum Gasteiger partial charge on any atom is -0.507 e. The molecule has 9 atom stereocenters. The minimum absolute atomic E-state index is 0.0390. The number of anilines is 2. The number of rotatable bonds is 5. The number of aromatic hydroxyl groups is 1. The number of hydrogen-bond acceptors (Lipinski definition) is 16. The summed E-state index contributed by atoms with van der Waals surface area (Å²) in [6.07, 6.45) is 3.57. The van der Waals surface area contributed by atoms with Gasteiger partial charge in [-0.2, -0.15) is 0 Å². The Balaban J connectivity index is 1.46. The first-order chi connectivity index (χ1) is 32.1. The topological polar surface area (TPSA) is 231 Å². The number of allylic oxidation sites excluding steroid dienone is 2. The third-order valence-electron chi connectivity index (χ3n) is 13.8. The Morgan fingerprint density at radius 3 is 2.29 bits per heavy atom. The van der Waals surface area contributed by atoms with Crippen molar-refractivity contribution in [3.05, 3.63) is 79.5 Å². The number of ether oxygens (including phenoxy) is 4. The molecule has 1 fully saturated rings. The number of aliphatic hydroxyl groups is 3. The molecule has 366 valence electrons. The van der Waals surface area contributed by atoms with Gasteiger partial charge in [0.1, 0.15) is 28.8 Å². The summed E-state index contributed by atoms with van der Waals surface area (Å²) in [5, 5.41) is 49.3. The second-order valence-corrected chi connectivity index (χ2v) is 19.2. The van der Waals surface area contributed by atoms with Gasteiger partial charge >= 0.3 is 11.8 Å². The van der Waals surface area contributed by atoms with Gasteiger partial charge in [-0.1, -0.05) is 59.8 Å². The van der Waals surface area contributed by atoms with E-state index in [4.69, 9.17) is 28.3 Å². The van der Waals surface area contributed by atoms with Crippen LogP contribution in [-0.2, 0) is 23.8 Å². The van der Waals surface area contributed by atoms with Crippen molar-refractivity contribution in [1.82, 2.24) is 9.88 Å². The summed E-state index contributed by atoms with van der Waals surface area (Å²) in [5.74, 6) is -6.43. The summed E-state index contributed by atoms with van der Waals surface area (Å²) in [5.41, 5.74) is -1.35. The molecule has 4 heterocycles. The number of fused-ring (bicyclic) bond motifs is 2. The molecule has 7 rings (SSSR count). The van der Waals surface area contributed by atoms with E-state index < -0.39 is 88.1 Å². The Hall–Kier alpha value is -6.01. The lowest BCUT2D eigenvalue weighted by molar-refractivity contribution is -0.160. The molecule has 0 aliphatic carbocycles. The van der Waals surface area contributed by atoms with E-state index in [0.29, 0.717) is 24.7 Å². The van der Waals surface area contributed by atoms with Crippen LogP contribution in [0.5, 0.6) is 11.5 Å². The predicted octanol–water partition coefficient (Wildman–Crippen LogP) is 5.34.